The maximum Gasteiger partial charge on any atom is 0.350 e. The first-order valence-corrected chi connectivity index (χ1v) is 9.77. The largest absolute Gasteiger partial charge is 0.350 e. The summed E-state index contributed by atoms with van der Waals surface area (Å²) in [6.07, 6.45) is 1.43. The van der Waals surface area contributed by atoms with Crippen LogP contribution in [0.15, 0.2) is 77.7 Å². The summed E-state index contributed by atoms with van der Waals surface area (Å²) in [5.41, 5.74) is 2.95. The lowest BCUT2D eigenvalue weighted by Crippen LogP contribution is -2.28. The third-order valence-corrected chi connectivity index (χ3v) is 4.76. The molecule has 8 nitrogen and oxygen atoms in total. The highest BCUT2D eigenvalue weighted by Crippen LogP contribution is 2.07. The van der Waals surface area contributed by atoms with Crippen molar-refractivity contribution in [3.05, 3.63) is 100 Å². The number of pyridine rings is 1. The average Bonchev–Trinajstić information content (AvgIpc) is 3.08. The monoisotopic (exact) mass is 415 g/mol. The lowest BCUT2D eigenvalue weighted by molar-refractivity contribution is -0.117. The van der Waals surface area contributed by atoms with Gasteiger partial charge in [0.15, 0.2) is 5.65 Å². The van der Waals surface area contributed by atoms with Crippen molar-refractivity contribution in [3.8, 4) is 0 Å². The summed E-state index contributed by atoms with van der Waals surface area (Å²) in [6.45, 7) is 2.15. The van der Waals surface area contributed by atoms with Gasteiger partial charge < -0.3 is 10.6 Å². The second-order valence-electron chi connectivity index (χ2n) is 7.17. The number of fused-ring (bicyclic) bond motifs is 1. The van der Waals surface area contributed by atoms with Crippen LogP contribution in [-0.2, 0) is 17.9 Å². The molecule has 8 heteroatoms. The molecule has 0 radical (unpaired) electrons. The maximum absolute atomic E-state index is 12.7. The molecule has 156 valence electrons. The van der Waals surface area contributed by atoms with E-state index in [1.165, 1.54) is 10.6 Å². The Kier molecular flexibility index (Phi) is 5.61. The van der Waals surface area contributed by atoms with E-state index >= 15 is 0 Å². The van der Waals surface area contributed by atoms with Crippen LogP contribution in [0.4, 0.5) is 5.69 Å². The molecule has 0 spiro atoms. The third-order valence-electron chi connectivity index (χ3n) is 4.76. The number of carbonyl (C=O) groups is 2. The Balaban J connectivity index is 1.47. The fraction of sp³-hybridized carbons (Fsp3) is 0.130. The Morgan fingerprint density at radius 2 is 1.71 bits per heavy atom. The highest BCUT2D eigenvalue weighted by molar-refractivity contribution is 5.94. The number of hydrogen-bond donors (Lipinski definition) is 2. The number of anilines is 1. The topological polar surface area (TPSA) is 97.5 Å². The van der Waals surface area contributed by atoms with Crippen LogP contribution < -0.4 is 16.3 Å². The van der Waals surface area contributed by atoms with Gasteiger partial charge in [-0.05, 0) is 36.8 Å². The van der Waals surface area contributed by atoms with Crippen LogP contribution in [0, 0.1) is 6.92 Å². The Hall–Kier alpha value is -4.20. The first-order chi connectivity index (χ1) is 15.0. The Morgan fingerprint density at radius 3 is 2.45 bits per heavy atom. The number of hydrogen-bond acceptors (Lipinski definition) is 4. The Labute approximate surface area is 178 Å². The van der Waals surface area contributed by atoms with Gasteiger partial charge in [0.2, 0.25) is 5.91 Å². The van der Waals surface area contributed by atoms with E-state index in [0.29, 0.717) is 23.4 Å². The predicted octanol–water partition coefficient (Wildman–Crippen LogP) is 2.37. The summed E-state index contributed by atoms with van der Waals surface area (Å²) in [5.74, 6) is -0.670. The SMILES string of the molecule is Cc1ccc(CNC(=O)c2ccc3nn(CC(=O)Nc4ccccc4)c(=O)n3c2)cc1. The normalized spacial score (nSPS) is 10.7. The molecule has 0 aliphatic rings. The number of carbonyl (C=O) groups excluding carboxylic acids is 2. The van der Waals surface area contributed by atoms with Crippen molar-refractivity contribution in [1.82, 2.24) is 19.5 Å². The molecule has 2 aromatic heterocycles. The van der Waals surface area contributed by atoms with E-state index in [0.717, 1.165) is 15.8 Å². The summed E-state index contributed by atoms with van der Waals surface area (Å²) in [4.78, 5) is 37.4. The average molecular weight is 415 g/mol. The van der Waals surface area contributed by atoms with Gasteiger partial charge in [0.05, 0.1) is 5.56 Å². The zero-order valence-corrected chi connectivity index (χ0v) is 16.9. The van der Waals surface area contributed by atoms with Crippen molar-refractivity contribution in [2.75, 3.05) is 5.32 Å². The van der Waals surface area contributed by atoms with Crippen molar-refractivity contribution in [2.45, 2.75) is 20.0 Å². The lowest BCUT2D eigenvalue weighted by atomic mass is 10.1. The van der Waals surface area contributed by atoms with Gasteiger partial charge in [-0.25, -0.2) is 13.9 Å². The molecule has 0 atom stereocenters. The molecular formula is C23H21N5O3. The molecule has 2 amide bonds. The molecule has 4 aromatic rings. The second-order valence-corrected chi connectivity index (χ2v) is 7.17. The van der Waals surface area contributed by atoms with Crippen LogP contribution in [0.2, 0.25) is 0 Å². The van der Waals surface area contributed by atoms with E-state index in [-0.39, 0.29) is 18.4 Å². The molecule has 0 aliphatic heterocycles. The Morgan fingerprint density at radius 1 is 0.968 bits per heavy atom. The van der Waals surface area contributed by atoms with E-state index in [4.69, 9.17) is 0 Å². The molecule has 0 aliphatic carbocycles. The van der Waals surface area contributed by atoms with Crippen LogP contribution in [0.5, 0.6) is 0 Å². The van der Waals surface area contributed by atoms with Gasteiger partial charge >= 0.3 is 5.69 Å². The zero-order chi connectivity index (χ0) is 21.8. The van der Waals surface area contributed by atoms with Gasteiger partial charge in [-0.15, -0.1) is 5.10 Å². The lowest BCUT2D eigenvalue weighted by Gasteiger charge is -2.06. The van der Waals surface area contributed by atoms with E-state index in [9.17, 15) is 14.4 Å². The summed E-state index contributed by atoms with van der Waals surface area (Å²) in [5, 5.41) is 9.73. The standard InChI is InChI=1S/C23H21N5O3/c1-16-7-9-17(10-8-16)13-24-22(30)18-11-12-20-26-28(23(31)27(20)14-18)15-21(29)25-19-5-3-2-4-6-19/h2-12,14H,13,15H2,1H3,(H,24,30)(H,25,29). The number of aryl methyl sites for hydroxylation is 1. The fourth-order valence-corrected chi connectivity index (χ4v) is 3.10. The first kappa shape index (κ1) is 20.1. The second kappa shape index (κ2) is 8.66. The Bertz CT molecular complexity index is 1290. The highest BCUT2D eigenvalue weighted by atomic mass is 16.2. The van der Waals surface area contributed by atoms with Crippen LogP contribution in [0.1, 0.15) is 21.5 Å². The summed E-state index contributed by atoms with van der Waals surface area (Å²) in [6, 6.07) is 20.0. The first-order valence-electron chi connectivity index (χ1n) is 9.77. The number of nitrogens with one attached hydrogen (secondary N) is 2. The minimum Gasteiger partial charge on any atom is -0.348 e. The summed E-state index contributed by atoms with van der Waals surface area (Å²) >= 11 is 0. The number of para-hydroxylation sites is 1. The van der Waals surface area contributed by atoms with Gasteiger partial charge in [-0.2, -0.15) is 0 Å². The van der Waals surface area contributed by atoms with Crippen LogP contribution in [0.3, 0.4) is 0 Å². The molecule has 0 saturated heterocycles. The van der Waals surface area contributed by atoms with E-state index in [2.05, 4.69) is 15.7 Å². The van der Waals surface area contributed by atoms with E-state index in [1.54, 1.807) is 36.4 Å². The van der Waals surface area contributed by atoms with E-state index < -0.39 is 5.69 Å². The molecule has 2 N–H and O–H groups in total. The van der Waals surface area contributed by atoms with Crippen molar-refractivity contribution in [1.29, 1.82) is 0 Å². The van der Waals surface area contributed by atoms with Gasteiger partial charge in [0, 0.05) is 18.4 Å². The smallest absolute Gasteiger partial charge is 0.348 e. The molecule has 0 bridgehead atoms. The third kappa shape index (κ3) is 4.69. The summed E-state index contributed by atoms with van der Waals surface area (Å²) < 4.78 is 2.33. The quantitative estimate of drug-likeness (QED) is 0.505. The van der Waals surface area contributed by atoms with Gasteiger partial charge in [-0.1, -0.05) is 48.0 Å². The number of nitrogens with zero attached hydrogens (tertiary/aromatic N) is 3. The molecule has 0 saturated carbocycles. The minimum absolute atomic E-state index is 0.232. The zero-order valence-electron chi connectivity index (χ0n) is 16.9. The van der Waals surface area contributed by atoms with Crippen molar-refractivity contribution in [3.63, 3.8) is 0 Å². The van der Waals surface area contributed by atoms with Gasteiger partial charge in [0.25, 0.3) is 5.91 Å². The molecule has 4 rings (SSSR count). The predicted molar refractivity (Wildman–Crippen MR) is 117 cm³/mol. The number of amides is 2. The molecule has 2 heterocycles. The number of rotatable bonds is 6. The van der Waals surface area contributed by atoms with Gasteiger partial charge in [0.1, 0.15) is 6.54 Å². The van der Waals surface area contributed by atoms with E-state index in [1.807, 2.05) is 37.3 Å². The maximum atomic E-state index is 12.7. The van der Waals surface area contributed by atoms with Gasteiger partial charge in [-0.3, -0.25) is 9.59 Å². The molecule has 0 fully saturated rings. The van der Waals surface area contributed by atoms with Crippen LogP contribution in [0.25, 0.3) is 5.65 Å². The summed E-state index contributed by atoms with van der Waals surface area (Å²) in [7, 11) is 0. The number of aromatic nitrogens is 3. The van der Waals surface area contributed by atoms with Crippen LogP contribution >= 0.6 is 0 Å². The molecule has 0 unspecified atom stereocenters. The highest BCUT2D eigenvalue weighted by Gasteiger charge is 2.13. The fourth-order valence-electron chi connectivity index (χ4n) is 3.10. The van der Waals surface area contributed by atoms with Crippen molar-refractivity contribution in [2.24, 2.45) is 0 Å². The number of benzene rings is 2. The van der Waals surface area contributed by atoms with Crippen LogP contribution in [-0.4, -0.2) is 26.0 Å². The van der Waals surface area contributed by atoms with Crippen molar-refractivity contribution >= 4 is 23.1 Å². The molecule has 31 heavy (non-hydrogen) atoms. The molecular weight excluding hydrogens is 394 g/mol. The molecule has 2 aromatic carbocycles. The minimum atomic E-state index is -0.494. The van der Waals surface area contributed by atoms with Crippen molar-refractivity contribution < 1.29 is 9.59 Å².